The van der Waals surface area contributed by atoms with E-state index in [0.29, 0.717) is 11.4 Å². The lowest BCUT2D eigenvalue weighted by molar-refractivity contribution is -0.192. The second-order valence-corrected chi connectivity index (χ2v) is 7.56. The minimum Gasteiger partial charge on any atom is -0.475 e. The van der Waals surface area contributed by atoms with E-state index in [4.69, 9.17) is 33.1 Å². The number of carboxylic acid groups (broad SMARTS) is 1. The lowest BCUT2D eigenvalue weighted by atomic mass is 10.2. The van der Waals surface area contributed by atoms with Gasteiger partial charge in [0, 0.05) is 11.4 Å². The predicted octanol–water partition coefficient (Wildman–Crippen LogP) is 4.98. The minimum absolute atomic E-state index is 0.0204. The first kappa shape index (κ1) is 28.9. The van der Waals surface area contributed by atoms with Gasteiger partial charge in [0.15, 0.2) is 0 Å². The molecule has 0 atom stereocenters. The van der Waals surface area contributed by atoms with Gasteiger partial charge in [0.1, 0.15) is 5.69 Å². The molecule has 37 heavy (non-hydrogen) atoms. The molecule has 194 valence electrons. The van der Waals surface area contributed by atoms with Gasteiger partial charge in [-0.1, -0.05) is 41.9 Å². The van der Waals surface area contributed by atoms with Crippen molar-refractivity contribution >= 4 is 64.0 Å². The molecule has 0 aliphatic rings. The number of aromatic amines is 1. The van der Waals surface area contributed by atoms with E-state index in [1.165, 1.54) is 18.3 Å². The molecule has 0 aliphatic heterocycles. The summed E-state index contributed by atoms with van der Waals surface area (Å²) in [5.41, 5.74) is 1.14. The van der Waals surface area contributed by atoms with Gasteiger partial charge < -0.3 is 21.1 Å². The maximum absolute atomic E-state index is 12.6. The van der Waals surface area contributed by atoms with Crippen LogP contribution in [0.2, 0.25) is 10.0 Å². The number of hydrogen-bond donors (Lipinski definition) is 5. The van der Waals surface area contributed by atoms with Gasteiger partial charge in [0.25, 0.3) is 11.8 Å². The molecule has 3 rings (SSSR count). The average molecular weight is 558 g/mol. The number of amides is 3. The normalized spacial score (nSPS) is 10.4. The second kappa shape index (κ2) is 12.6. The lowest BCUT2D eigenvalue weighted by Crippen LogP contribution is -2.21. The highest BCUT2D eigenvalue weighted by molar-refractivity contribution is 6.40. The summed E-state index contributed by atoms with van der Waals surface area (Å²) in [4.78, 5) is 45.5. The number of aliphatic carboxylic acids is 1. The molecule has 0 unspecified atom stereocenters. The molecule has 0 aliphatic carbocycles. The summed E-state index contributed by atoms with van der Waals surface area (Å²) in [6, 6.07) is 11.2. The molecular formula is C22H16Cl2F3N5O5. The molecular weight excluding hydrogens is 542 g/mol. The molecule has 15 heteroatoms. The molecule has 2 aromatic carbocycles. The van der Waals surface area contributed by atoms with E-state index < -0.39 is 24.0 Å². The molecule has 0 bridgehead atoms. The van der Waals surface area contributed by atoms with E-state index >= 15 is 0 Å². The fourth-order valence-electron chi connectivity index (χ4n) is 2.52. The Morgan fingerprint density at radius 2 is 1.49 bits per heavy atom. The van der Waals surface area contributed by atoms with Crippen molar-refractivity contribution in [1.29, 1.82) is 0 Å². The van der Waals surface area contributed by atoms with Gasteiger partial charge in [0.2, 0.25) is 5.91 Å². The number of carbonyl (C=O) groups excluding carboxylic acids is 3. The Morgan fingerprint density at radius 3 is 2.03 bits per heavy atom. The first-order valence-corrected chi connectivity index (χ1v) is 10.5. The summed E-state index contributed by atoms with van der Waals surface area (Å²) >= 11 is 12.1. The van der Waals surface area contributed by atoms with Crippen LogP contribution in [0.15, 0.2) is 61.3 Å². The van der Waals surface area contributed by atoms with Crippen molar-refractivity contribution < 1.29 is 37.5 Å². The molecule has 1 aromatic heterocycles. The van der Waals surface area contributed by atoms with Crippen LogP contribution in [0, 0.1) is 0 Å². The number of nitrogens with one attached hydrogen (secondary N) is 4. The topological polar surface area (TPSA) is 153 Å². The van der Waals surface area contributed by atoms with E-state index in [-0.39, 0.29) is 32.9 Å². The monoisotopic (exact) mass is 557 g/mol. The van der Waals surface area contributed by atoms with Gasteiger partial charge in [-0.05, 0) is 36.4 Å². The maximum Gasteiger partial charge on any atom is 0.490 e. The van der Waals surface area contributed by atoms with E-state index in [9.17, 15) is 27.6 Å². The highest BCUT2D eigenvalue weighted by atomic mass is 35.5. The zero-order chi connectivity index (χ0) is 27.8. The van der Waals surface area contributed by atoms with Crippen LogP contribution in [-0.2, 0) is 9.59 Å². The Balaban J connectivity index is 0.000000604. The highest BCUT2D eigenvalue weighted by Crippen LogP contribution is 2.26. The van der Waals surface area contributed by atoms with E-state index in [1.54, 1.807) is 30.3 Å². The van der Waals surface area contributed by atoms with Crippen molar-refractivity contribution in [2.75, 3.05) is 16.0 Å². The van der Waals surface area contributed by atoms with E-state index in [2.05, 4.69) is 32.7 Å². The summed E-state index contributed by atoms with van der Waals surface area (Å²) in [5, 5.41) is 21.7. The molecule has 0 radical (unpaired) electrons. The SMILES string of the molecule is C=CC(=O)Nc1cccc(NC(=O)c2[nH]ncc2NC(=O)c2c(Cl)cccc2Cl)c1.O=C(O)C(F)(F)F. The van der Waals surface area contributed by atoms with Crippen LogP contribution >= 0.6 is 23.2 Å². The van der Waals surface area contributed by atoms with Crippen molar-refractivity contribution in [2.45, 2.75) is 6.18 Å². The number of rotatable bonds is 6. The predicted molar refractivity (Wildman–Crippen MR) is 130 cm³/mol. The number of alkyl halides is 3. The summed E-state index contributed by atoms with van der Waals surface area (Å²) in [7, 11) is 0. The molecule has 5 N–H and O–H groups in total. The van der Waals surface area contributed by atoms with Crippen LogP contribution in [-0.4, -0.2) is 45.2 Å². The highest BCUT2D eigenvalue weighted by Gasteiger charge is 2.38. The smallest absolute Gasteiger partial charge is 0.475 e. The zero-order valence-corrected chi connectivity index (χ0v) is 19.8. The summed E-state index contributed by atoms with van der Waals surface area (Å²) in [6.07, 6.45) is -2.66. The van der Waals surface area contributed by atoms with Gasteiger partial charge >= 0.3 is 12.1 Å². The molecule has 0 fully saturated rings. The third kappa shape index (κ3) is 8.37. The third-order valence-electron chi connectivity index (χ3n) is 4.12. The van der Waals surface area contributed by atoms with Crippen LogP contribution < -0.4 is 16.0 Å². The minimum atomic E-state index is -5.08. The maximum atomic E-state index is 12.6. The largest absolute Gasteiger partial charge is 0.490 e. The number of hydrogen-bond acceptors (Lipinski definition) is 5. The molecule has 3 aromatic rings. The second-order valence-electron chi connectivity index (χ2n) is 6.74. The van der Waals surface area contributed by atoms with Gasteiger partial charge in [0.05, 0.1) is 27.5 Å². The van der Waals surface area contributed by atoms with Crippen LogP contribution in [0.5, 0.6) is 0 Å². The fourth-order valence-corrected chi connectivity index (χ4v) is 3.08. The van der Waals surface area contributed by atoms with Crippen molar-refractivity contribution in [3.63, 3.8) is 0 Å². The number of benzene rings is 2. The number of nitrogens with zero attached hydrogens (tertiary/aromatic N) is 1. The van der Waals surface area contributed by atoms with Crippen LogP contribution in [0.4, 0.5) is 30.2 Å². The average Bonchev–Trinajstić information content (AvgIpc) is 3.27. The van der Waals surface area contributed by atoms with E-state index in [1.807, 2.05) is 0 Å². The Hall–Kier alpha value is -4.36. The van der Waals surface area contributed by atoms with Gasteiger partial charge in [-0.15, -0.1) is 0 Å². The van der Waals surface area contributed by atoms with Crippen molar-refractivity contribution in [1.82, 2.24) is 10.2 Å². The third-order valence-corrected chi connectivity index (χ3v) is 4.75. The van der Waals surface area contributed by atoms with Crippen molar-refractivity contribution in [3.05, 3.63) is 82.6 Å². The Morgan fingerprint density at radius 1 is 0.946 bits per heavy atom. The first-order valence-electron chi connectivity index (χ1n) is 9.77. The summed E-state index contributed by atoms with van der Waals surface area (Å²) in [6.45, 7) is 3.38. The molecule has 10 nitrogen and oxygen atoms in total. The number of anilines is 3. The number of halogens is 5. The lowest BCUT2D eigenvalue weighted by Gasteiger charge is -2.10. The van der Waals surface area contributed by atoms with E-state index in [0.717, 1.165) is 6.08 Å². The molecule has 0 saturated heterocycles. The number of H-pyrrole nitrogens is 1. The number of aromatic nitrogens is 2. The Kier molecular flexibility index (Phi) is 9.80. The fraction of sp³-hybridized carbons (Fsp3) is 0.0455. The Labute approximate surface area is 216 Å². The van der Waals surface area contributed by atoms with Crippen LogP contribution in [0.1, 0.15) is 20.8 Å². The Bertz CT molecular complexity index is 1320. The van der Waals surface area contributed by atoms with Crippen LogP contribution in [0.25, 0.3) is 0 Å². The standard InChI is InChI=1S/C20H15Cl2N5O3.C2HF3O2/c1-2-16(28)24-11-5-3-6-12(9-11)25-20(30)18-15(10-23-27-18)26-19(29)17-13(21)7-4-8-14(17)22;3-2(4,5)1(6)7/h2-10H,1H2,(H,23,27)(H,24,28)(H,25,30)(H,26,29);(H,6,7). The summed E-state index contributed by atoms with van der Waals surface area (Å²) < 4.78 is 31.7. The first-order chi connectivity index (χ1) is 17.3. The quantitative estimate of drug-likeness (QED) is 0.269. The molecule has 3 amide bonds. The van der Waals surface area contributed by atoms with Gasteiger partial charge in [-0.2, -0.15) is 18.3 Å². The van der Waals surface area contributed by atoms with Crippen molar-refractivity contribution in [2.24, 2.45) is 0 Å². The van der Waals surface area contributed by atoms with Gasteiger partial charge in [-0.3, -0.25) is 19.5 Å². The van der Waals surface area contributed by atoms with Crippen molar-refractivity contribution in [3.8, 4) is 0 Å². The van der Waals surface area contributed by atoms with Gasteiger partial charge in [-0.25, -0.2) is 4.79 Å². The molecule has 0 saturated carbocycles. The number of carbonyl (C=O) groups is 4. The zero-order valence-electron chi connectivity index (χ0n) is 18.3. The number of carboxylic acids is 1. The molecule has 1 heterocycles. The van der Waals surface area contributed by atoms with Crippen LogP contribution in [0.3, 0.4) is 0 Å². The summed E-state index contributed by atoms with van der Waals surface area (Å²) in [5.74, 6) is -4.28. The molecule has 0 spiro atoms.